The Morgan fingerprint density at radius 2 is 1.72 bits per heavy atom. The molecule has 0 bridgehead atoms. The van der Waals surface area contributed by atoms with Gasteiger partial charge in [0, 0.05) is 65.1 Å². The summed E-state index contributed by atoms with van der Waals surface area (Å²) in [6.07, 6.45) is 12.5. The highest BCUT2D eigenvalue weighted by Crippen LogP contribution is 2.27. The van der Waals surface area contributed by atoms with E-state index in [0.717, 1.165) is 44.8 Å². The molecule has 156 valence electrons. The number of rotatable bonds is 6. The van der Waals surface area contributed by atoms with Gasteiger partial charge in [0.05, 0.1) is 24.9 Å². The fourth-order valence-corrected chi connectivity index (χ4v) is 3.67. The minimum atomic E-state index is 0.0615. The highest BCUT2D eigenvalue weighted by atomic mass is 16.1. The number of hydrogen-bond acceptors (Lipinski definition) is 6. The van der Waals surface area contributed by atoms with Gasteiger partial charge in [-0.2, -0.15) is 0 Å². The third-order valence-corrected chi connectivity index (χ3v) is 5.29. The average molecular weight is 420 g/mol. The molecule has 7 nitrogen and oxygen atoms in total. The van der Waals surface area contributed by atoms with E-state index in [1.54, 1.807) is 31.0 Å². The lowest BCUT2D eigenvalue weighted by Crippen LogP contribution is -2.13. The van der Waals surface area contributed by atoms with Crippen molar-refractivity contribution < 1.29 is 4.79 Å². The SMILES string of the molecule is Cc1ccc(-c2ccnc3c2ccn3CC(=O)Cc2ccc(-c3cnccn3)cn2)cn1. The molecule has 0 aliphatic rings. The van der Waals surface area contributed by atoms with Crippen LogP contribution in [0.25, 0.3) is 33.4 Å². The maximum Gasteiger partial charge on any atom is 0.158 e. The van der Waals surface area contributed by atoms with Crippen LogP contribution < -0.4 is 0 Å². The van der Waals surface area contributed by atoms with Crippen LogP contribution in [0.4, 0.5) is 0 Å². The van der Waals surface area contributed by atoms with E-state index >= 15 is 0 Å². The Kier molecular flexibility index (Phi) is 5.21. The summed E-state index contributed by atoms with van der Waals surface area (Å²) in [4.78, 5) is 34.4. The molecule has 0 N–H and O–H groups in total. The summed E-state index contributed by atoms with van der Waals surface area (Å²) in [5.41, 5.74) is 6.17. The van der Waals surface area contributed by atoms with Crippen molar-refractivity contribution in [2.75, 3.05) is 0 Å². The largest absolute Gasteiger partial charge is 0.325 e. The minimum Gasteiger partial charge on any atom is -0.325 e. The van der Waals surface area contributed by atoms with E-state index in [2.05, 4.69) is 31.0 Å². The highest BCUT2D eigenvalue weighted by Gasteiger charge is 2.12. The first kappa shape index (κ1) is 19.7. The molecule has 0 radical (unpaired) electrons. The molecule has 0 saturated heterocycles. The van der Waals surface area contributed by atoms with E-state index in [1.807, 2.05) is 54.2 Å². The highest BCUT2D eigenvalue weighted by molar-refractivity contribution is 5.94. The van der Waals surface area contributed by atoms with Crippen molar-refractivity contribution in [3.05, 3.63) is 91.2 Å². The number of aromatic nitrogens is 6. The number of carbonyl (C=O) groups excluding carboxylic acids is 1. The zero-order valence-corrected chi connectivity index (χ0v) is 17.5. The van der Waals surface area contributed by atoms with Crippen LogP contribution in [0, 0.1) is 6.92 Å². The summed E-state index contributed by atoms with van der Waals surface area (Å²) in [7, 11) is 0. The Hall–Kier alpha value is -4.26. The van der Waals surface area contributed by atoms with Crippen molar-refractivity contribution >= 4 is 16.8 Å². The summed E-state index contributed by atoms with van der Waals surface area (Å²) in [5, 5.41) is 0.998. The number of hydrogen-bond donors (Lipinski definition) is 0. The first-order chi connectivity index (χ1) is 15.7. The zero-order chi connectivity index (χ0) is 21.9. The number of nitrogens with zero attached hydrogens (tertiary/aromatic N) is 6. The number of fused-ring (bicyclic) bond motifs is 1. The molecule has 0 unspecified atom stereocenters. The van der Waals surface area contributed by atoms with Crippen LogP contribution in [0.15, 0.2) is 79.8 Å². The molecule has 5 aromatic heterocycles. The van der Waals surface area contributed by atoms with Gasteiger partial charge in [0.1, 0.15) is 5.65 Å². The normalized spacial score (nSPS) is 11.0. The van der Waals surface area contributed by atoms with Gasteiger partial charge in [-0.05, 0) is 42.8 Å². The van der Waals surface area contributed by atoms with E-state index < -0.39 is 0 Å². The Bertz CT molecular complexity index is 1380. The van der Waals surface area contributed by atoms with Crippen molar-refractivity contribution in [3.63, 3.8) is 0 Å². The summed E-state index contributed by atoms with van der Waals surface area (Å²) < 4.78 is 1.89. The first-order valence-corrected chi connectivity index (χ1v) is 10.3. The van der Waals surface area contributed by atoms with Crippen LogP contribution >= 0.6 is 0 Å². The number of ketones is 1. The number of pyridine rings is 3. The van der Waals surface area contributed by atoms with E-state index in [9.17, 15) is 4.79 Å². The molecule has 5 heterocycles. The van der Waals surface area contributed by atoms with Gasteiger partial charge in [0.25, 0.3) is 0 Å². The summed E-state index contributed by atoms with van der Waals surface area (Å²) in [5.74, 6) is 0.0615. The maximum atomic E-state index is 12.7. The van der Waals surface area contributed by atoms with Crippen molar-refractivity contribution in [1.82, 2.24) is 29.5 Å². The van der Waals surface area contributed by atoms with E-state index in [1.165, 1.54) is 0 Å². The number of aryl methyl sites for hydroxylation is 1. The fourth-order valence-electron chi connectivity index (χ4n) is 3.67. The predicted octanol–water partition coefficient (Wildman–Crippen LogP) is 4.07. The molecular formula is C25H20N6O. The standard InChI is InChI=1S/C25H20N6O/c1-17-2-3-18(13-29-17)22-6-8-28-25-23(22)7-11-31(25)16-21(32)12-20-5-4-19(14-30-20)24-15-26-9-10-27-24/h2-11,13-15H,12,16H2,1H3. The van der Waals surface area contributed by atoms with Gasteiger partial charge in [0.15, 0.2) is 5.78 Å². The second kappa shape index (κ2) is 8.47. The van der Waals surface area contributed by atoms with Crippen molar-refractivity contribution in [2.45, 2.75) is 19.9 Å². The van der Waals surface area contributed by atoms with E-state index in [4.69, 9.17) is 0 Å². The van der Waals surface area contributed by atoms with Crippen molar-refractivity contribution in [1.29, 1.82) is 0 Å². The van der Waals surface area contributed by atoms with Gasteiger partial charge < -0.3 is 4.57 Å². The molecule has 0 fully saturated rings. The topological polar surface area (TPSA) is 86.5 Å². The molecule has 7 heteroatoms. The van der Waals surface area contributed by atoms with Gasteiger partial charge in [-0.1, -0.05) is 6.07 Å². The molecule has 0 aliphatic carbocycles. The Balaban J connectivity index is 1.33. The predicted molar refractivity (Wildman–Crippen MR) is 122 cm³/mol. The third-order valence-electron chi connectivity index (χ3n) is 5.29. The van der Waals surface area contributed by atoms with Crippen molar-refractivity contribution in [2.24, 2.45) is 0 Å². The Labute approximate surface area is 184 Å². The van der Waals surface area contributed by atoms with Crippen LogP contribution in [0.2, 0.25) is 0 Å². The minimum absolute atomic E-state index is 0.0615. The van der Waals surface area contributed by atoms with E-state index in [-0.39, 0.29) is 18.7 Å². The Morgan fingerprint density at radius 3 is 2.47 bits per heavy atom. The van der Waals surface area contributed by atoms with Crippen LogP contribution in [-0.4, -0.2) is 35.3 Å². The average Bonchev–Trinajstić information content (AvgIpc) is 3.23. The lowest BCUT2D eigenvalue weighted by atomic mass is 10.1. The lowest BCUT2D eigenvalue weighted by Gasteiger charge is -2.07. The summed E-state index contributed by atoms with van der Waals surface area (Å²) in [6, 6.07) is 11.8. The monoisotopic (exact) mass is 420 g/mol. The second-order valence-electron chi connectivity index (χ2n) is 7.57. The van der Waals surface area contributed by atoms with Crippen LogP contribution in [0.1, 0.15) is 11.4 Å². The van der Waals surface area contributed by atoms with Crippen LogP contribution in [0.3, 0.4) is 0 Å². The molecule has 0 aromatic carbocycles. The Morgan fingerprint density at radius 1 is 0.844 bits per heavy atom. The van der Waals surface area contributed by atoms with Gasteiger partial charge in [-0.3, -0.25) is 24.7 Å². The second-order valence-corrected chi connectivity index (χ2v) is 7.57. The molecule has 0 saturated carbocycles. The van der Waals surface area contributed by atoms with E-state index in [0.29, 0.717) is 0 Å². The van der Waals surface area contributed by atoms with Gasteiger partial charge in [0.2, 0.25) is 0 Å². The van der Waals surface area contributed by atoms with Crippen LogP contribution in [0.5, 0.6) is 0 Å². The smallest absolute Gasteiger partial charge is 0.158 e. The summed E-state index contributed by atoms with van der Waals surface area (Å²) >= 11 is 0. The molecule has 0 aliphatic heterocycles. The maximum absolute atomic E-state index is 12.7. The third kappa shape index (κ3) is 4.00. The molecule has 5 rings (SSSR count). The number of Topliss-reactive ketones (excluding diaryl/α,β-unsaturated/α-hetero) is 1. The van der Waals surface area contributed by atoms with Gasteiger partial charge in [-0.25, -0.2) is 4.98 Å². The van der Waals surface area contributed by atoms with Crippen LogP contribution in [-0.2, 0) is 17.8 Å². The molecule has 0 amide bonds. The first-order valence-electron chi connectivity index (χ1n) is 10.3. The fraction of sp³-hybridized carbons (Fsp3) is 0.120. The molecule has 32 heavy (non-hydrogen) atoms. The summed E-state index contributed by atoms with van der Waals surface area (Å²) in [6.45, 7) is 2.20. The number of carbonyl (C=O) groups is 1. The van der Waals surface area contributed by atoms with Gasteiger partial charge in [-0.15, -0.1) is 0 Å². The molecule has 5 aromatic rings. The molecule has 0 spiro atoms. The lowest BCUT2D eigenvalue weighted by molar-refractivity contribution is -0.119. The molecule has 0 atom stereocenters. The van der Waals surface area contributed by atoms with Crippen molar-refractivity contribution in [3.8, 4) is 22.4 Å². The quantitative estimate of drug-likeness (QED) is 0.412. The van der Waals surface area contributed by atoms with Gasteiger partial charge >= 0.3 is 0 Å². The zero-order valence-electron chi connectivity index (χ0n) is 17.5. The molecular weight excluding hydrogens is 400 g/mol.